The second-order valence-electron chi connectivity index (χ2n) is 6.29. The zero-order chi connectivity index (χ0) is 17.7. The van der Waals surface area contributed by atoms with Crippen molar-refractivity contribution in [3.63, 3.8) is 0 Å². The van der Waals surface area contributed by atoms with E-state index in [2.05, 4.69) is 16.5 Å². The molecule has 2 rings (SSSR count). The fourth-order valence-corrected chi connectivity index (χ4v) is 2.63. The van der Waals surface area contributed by atoms with Gasteiger partial charge >= 0.3 is 0 Å². The van der Waals surface area contributed by atoms with Gasteiger partial charge in [0.25, 0.3) is 0 Å². The summed E-state index contributed by atoms with van der Waals surface area (Å²) in [5, 5.41) is 7.14. The van der Waals surface area contributed by atoms with Crippen molar-refractivity contribution in [3.05, 3.63) is 41.6 Å². The van der Waals surface area contributed by atoms with E-state index in [1.165, 1.54) is 5.56 Å². The predicted octanol–water partition coefficient (Wildman–Crippen LogP) is 2.85. The first-order valence-electron chi connectivity index (χ1n) is 8.06. The number of carbonyl (C=O) groups is 1. The topological polar surface area (TPSA) is 59.4 Å². The minimum atomic E-state index is -0.0634. The van der Waals surface area contributed by atoms with Gasteiger partial charge in [0.1, 0.15) is 11.6 Å². The third kappa shape index (κ3) is 4.58. The maximum atomic E-state index is 12.3. The lowest BCUT2D eigenvalue weighted by Gasteiger charge is -2.19. The molecule has 0 bridgehead atoms. The molecular formula is C18H26N4O2. The van der Waals surface area contributed by atoms with Gasteiger partial charge in [-0.05, 0) is 33.9 Å². The van der Waals surface area contributed by atoms with E-state index in [1.54, 1.807) is 18.0 Å². The summed E-state index contributed by atoms with van der Waals surface area (Å²) >= 11 is 0. The van der Waals surface area contributed by atoms with E-state index in [-0.39, 0.29) is 11.9 Å². The number of nitrogens with zero attached hydrogens (tertiary/aromatic N) is 3. The summed E-state index contributed by atoms with van der Waals surface area (Å²) in [6, 6.07) is 8.06. The number of likely N-dealkylation sites (N-methyl/N-ethyl adjacent to an activating group) is 1. The van der Waals surface area contributed by atoms with E-state index >= 15 is 0 Å². The van der Waals surface area contributed by atoms with Crippen LogP contribution in [0.5, 0.6) is 5.75 Å². The number of anilines is 1. The monoisotopic (exact) mass is 330 g/mol. The van der Waals surface area contributed by atoms with Gasteiger partial charge in [0.05, 0.1) is 19.9 Å². The molecule has 1 heterocycles. The first kappa shape index (κ1) is 18.0. The Labute approximate surface area is 143 Å². The Bertz CT molecular complexity index is 694. The molecule has 0 saturated heterocycles. The third-order valence-corrected chi connectivity index (χ3v) is 3.72. The Morgan fingerprint density at radius 2 is 2.12 bits per heavy atom. The molecule has 1 N–H and O–H groups in total. The van der Waals surface area contributed by atoms with Crippen LogP contribution in [0.15, 0.2) is 30.5 Å². The average molecular weight is 330 g/mol. The molecule has 1 amide bonds. The SMILES string of the molecule is COc1ccc(C)cc1CN(C)CC(=O)Nc1ccnn1C(C)C. The lowest BCUT2D eigenvalue weighted by molar-refractivity contribution is -0.117. The van der Waals surface area contributed by atoms with Gasteiger partial charge in [-0.1, -0.05) is 17.7 Å². The van der Waals surface area contributed by atoms with Crippen LogP contribution in [0, 0.1) is 6.92 Å². The Balaban J connectivity index is 1.97. The van der Waals surface area contributed by atoms with Crippen LogP contribution in [0.4, 0.5) is 5.82 Å². The van der Waals surface area contributed by atoms with Crippen LogP contribution in [-0.4, -0.2) is 41.3 Å². The summed E-state index contributed by atoms with van der Waals surface area (Å²) < 4.78 is 7.19. The van der Waals surface area contributed by atoms with Crippen LogP contribution in [0.3, 0.4) is 0 Å². The highest BCUT2D eigenvalue weighted by molar-refractivity contribution is 5.91. The molecule has 0 fully saturated rings. The van der Waals surface area contributed by atoms with E-state index in [9.17, 15) is 4.79 Å². The van der Waals surface area contributed by atoms with Crippen LogP contribution in [0.1, 0.15) is 31.0 Å². The number of nitrogens with one attached hydrogen (secondary N) is 1. The van der Waals surface area contributed by atoms with Gasteiger partial charge in [0.2, 0.25) is 5.91 Å². The standard InChI is InChI=1S/C18H26N4O2/c1-13(2)22-17(8-9-19-22)20-18(23)12-21(4)11-15-10-14(3)6-7-16(15)24-5/h6-10,13H,11-12H2,1-5H3,(H,20,23). The third-order valence-electron chi connectivity index (χ3n) is 3.72. The van der Waals surface area contributed by atoms with Gasteiger partial charge in [-0.25, -0.2) is 4.68 Å². The number of benzene rings is 1. The van der Waals surface area contributed by atoms with Crippen molar-refractivity contribution in [2.75, 3.05) is 26.0 Å². The maximum Gasteiger partial charge on any atom is 0.239 e. The number of hydrogen-bond acceptors (Lipinski definition) is 4. The zero-order valence-electron chi connectivity index (χ0n) is 15.0. The van der Waals surface area contributed by atoms with Crippen molar-refractivity contribution in [2.24, 2.45) is 0 Å². The Morgan fingerprint density at radius 3 is 2.79 bits per heavy atom. The molecule has 1 aromatic heterocycles. The fourth-order valence-electron chi connectivity index (χ4n) is 2.63. The van der Waals surface area contributed by atoms with E-state index in [1.807, 2.05) is 50.9 Å². The van der Waals surface area contributed by atoms with Crippen molar-refractivity contribution >= 4 is 11.7 Å². The van der Waals surface area contributed by atoms with Crippen molar-refractivity contribution in [1.82, 2.24) is 14.7 Å². The molecular weight excluding hydrogens is 304 g/mol. The molecule has 6 heteroatoms. The summed E-state index contributed by atoms with van der Waals surface area (Å²) in [6.45, 7) is 7.03. The van der Waals surface area contributed by atoms with Crippen molar-refractivity contribution in [2.45, 2.75) is 33.4 Å². The maximum absolute atomic E-state index is 12.3. The van der Waals surface area contributed by atoms with Crippen molar-refractivity contribution in [1.29, 1.82) is 0 Å². The van der Waals surface area contributed by atoms with Crippen LogP contribution >= 0.6 is 0 Å². The van der Waals surface area contributed by atoms with Gasteiger partial charge < -0.3 is 10.1 Å². The summed E-state index contributed by atoms with van der Waals surface area (Å²) in [5.74, 6) is 1.49. The van der Waals surface area contributed by atoms with Crippen LogP contribution in [-0.2, 0) is 11.3 Å². The van der Waals surface area contributed by atoms with E-state index in [0.29, 0.717) is 13.1 Å². The summed E-state index contributed by atoms with van der Waals surface area (Å²) in [7, 11) is 3.58. The normalized spacial score (nSPS) is 11.1. The Hall–Kier alpha value is -2.34. The summed E-state index contributed by atoms with van der Waals surface area (Å²) in [6.07, 6.45) is 1.69. The molecule has 0 aliphatic rings. The lowest BCUT2D eigenvalue weighted by atomic mass is 10.1. The number of hydrogen-bond donors (Lipinski definition) is 1. The van der Waals surface area contributed by atoms with Gasteiger partial charge in [-0.15, -0.1) is 0 Å². The summed E-state index contributed by atoms with van der Waals surface area (Å²) in [4.78, 5) is 14.2. The molecule has 0 unspecified atom stereocenters. The average Bonchev–Trinajstić information content (AvgIpc) is 2.95. The second kappa shape index (κ2) is 7.97. The number of aryl methyl sites for hydroxylation is 1. The van der Waals surface area contributed by atoms with Gasteiger partial charge in [0, 0.05) is 24.2 Å². The van der Waals surface area contributed by atoms with Crippen LogP contribution in [0.25, 0.3) is 0 Å². The number of amides is 1. The first-order valence-corrected chi connectivity index (χ1v) is 8.06. The smallest absolute Gasteiger partial charge is 0.239 e. The minimum Gasteiger partial charge on any atom is -0.496 e. The number of aromatic nitrogens is 2. The number of ether oxygens (including phenoxy) is 1. The molecule has 1 aromatic carbocycles. The van der Waals surface area contributed by atoms with Gasteiger partial charge in [0.15, 0.2) is 0 Å². The minimum absolute atomic E-state index is 0.0634. The highest BCUT2D eigenvalue weighted by Crippen LogP contribution is 2.21. The molecule has 0 saturated carbocycles. The van der Waals surface area contributed by atoms with Crippen molar-refractivity contribution in [3.8, 4) is 5.75 Å². The molecule has 24 heavy (non-hydrogen) atoms. The number of methoxy groups -OCH3 is 1. The predicted molar refractivity (Wildman–Crippen MR) is 95.3 cm³/mol. The highest BCUT2D eigenvalue weighted by atomic mass is 16.5. The number of rotatable bonds is 7. The fraction of sp³-hybridized carbons (Fsp3) is 0.444. The quantitative estimate of drug-likeness (QED) is 0.848. The molecule has 130 valence electrons. The molecule has 0 atom stereocenters. The largest absolute Gasteiger partial charge is 0.496 e. The van der Waals surface area contributed by atoms with Gasteiger partial charge in [-0.2, -0.15) is 5.10 Å². The van der Waals surface area contributed by atoms with E-state index < -0.39 is 0 Å². The Morgan fingerprint density at radius 1 is 1.38 bits per heavy atom. The van der Waals surface area contributed by atoms with Crippen molar-refractivity contribution < 1.29 is 9.53 Å². The lowest BCUT2D eigenvalue weighted by Crippen LogP contribution is -2.30. The van der Waals surface area contributed by atoms with Gasteiger partial charge in [-0.3, -0.25) is 9.69 Å². The molecule has 6 nitrogen and oxygen atoms in total. The molecule has 0 aliphatic heterocycles. The molecule has 2 aromatic rings. The van der Waals surface area contributed by atoms with E-state index in [0.717, 1.165) is 17.1 Å². The second-order valence-corrected chi connectivity index (χ2v) is 6.29. The molecule has 0 spiro atoms. The summed E-state index contributed by atoms with van der Waals surface area (Å²) in [5.41, 5.74) is 2.24. The van der Waals surface area contributed by atoms with E-state index in [4.69, 9.17) is 4.74 Å². The molecule has 0 aliphatic carbocycles. The highest BCUT2D eigenvalue weighted by Gasteiger charge is 2.13. The Kier molecular flexibility index (Phi) is 5.98. The molecule has 0 radical (unpaired) electrons. The first-order chi connectivity index (χ1) is 11.4. The van der Waals surface area contributed by atoms with Crippen LogP contribution < -0.4 is 10.1 Å². The van der Waals surface area contributed by atoms with Crippen LogP contribution in [0.2, 0.25) is 0 Å². The zero-order valence-corrected chi connectivity index (χ0v) is 15.0. The number of carbonyl (C=O) groups excluding carboxylic acids is 1.